The van der Waals surface area contributed by atoms with Crippen molar-refractivity contribution in [1.82, 2.24) is 0 Å². The lowest BCUT2D eigenvalue weighted by molar-refractivity contribution is 0.248. The van der Waals surface area contributed by atoms with E-state index in [1.165, 1.54) is 24.9 Å². The molecular formula is C16H26N2. The van der Waals surface area contributed by atoms with Gasteiger partial charge in [0.25, 0.3) is 0 Å². The molecule has 2 N–H and O–H groups in total. The normalized spacial score (nSPS) is 28.1. The van der Waals surface area contributed by atoms with E-state index in [9.17, 15) is 0 Å². The maximum absolute atomic E-state index is 6.30. The van der Waals surface area contributed by atoms with Gasteiger partial charge in [0.05, 0.1) is 0 Å². The van der Waals surface area contributed by atoms with Crippen LogP contribution in [0.4, 0.5) is 5.69 Å². The van der Waals surface area contributed by atoms with Gasteiger partial charge in [0.15, 0.2) is 0 Å². The van der Waals surface area contributed by atoms with Crippen LogP contribution in [0.3, 0.4) is 0 Å². The van der Waals surface area contributed by atoms with E-state index in [4.69, 9.17) is 5.73 Å². The Labute approximate surface area is 111 Å². The summed E-state index contributed by atoms with van der Waals surface area (Å²) in [6.07, 6.45) is 3.78. The highest BCUT2D eigenvalue weighted by molar-refractivity contribution is 5.45. The van der Waals surface area contributed by atoms with E-state index in [1.54, 1.807) is 0 Å². The molecule has 1 aromatic carbocycles. The predicted molar refractivity (Wildman–Crippen MR) is 78.8 cm³/mol. The van der Waals surface area contributed by atoms with E-state index in [0.29, 0.717) is 12.0 Å². The van der Waals surface area contributed by atoms with Gasteiger partial charge in [-0.25, -0.2) is 0 Å². The molecule has 0 aromatic heterocycles. The molecule has 2 rings (SSSR count). The third kappa shape index (κ3) is 3.26. The second-order valence-electron chi connectivity index (χ2n) is 5.72. The van der Waals surface area contributed by atoms with Crippen molar-refractivity contribution in [3.63, 3.8) is 0 Å². The van der Waals surface area contributed by atoms with Crippen molar-refractivity contribution in [2.24, 2.45) is 17.6 Å². The van der Waals surface area contributed by atoms with Gasteiger partial charge in [0.1, 0.15) is 0 Å². The van der Waals surface area contributed by atoms with Crippen LogP contribution in [0.5, 0.6) is 0 Å². The second-order valence-corrected chi connectivity index (χ2v) is 5.72. The quantitative estimate of drug-likeness (QED) is 0.883. The van der Waals surface area contributed by atoms with E-state index in [0.717, 1.165) is 19.0 Å². The highest BCUT2D eigenvalue weighted by Crippen LogP contribution is 2.29. The number of hydrogen-bond donors (Lipinski definition) is 1. The Morgan fingerprint density at radius 3 is 2.61 bits per heavy atom. The van der Waals surface area contributed by atoms with Crippen LogP contribution in [0.15, 0.2) is 30.3 Å². The van der Waals surface area contributed by atoms with Crippen LogP contribution in [-0.4, -0.2) is 19.1 Å². The van der Waals surface area contributed by atoms with Crippen LogP contribution >= 0.6 is 0 Å². The SMILES string of the molecule is CCN(CC1CC(C)CCC1N)c1ccccc1. The van der Waals surface area contributed by atoms with Gasteiger partial charge < -0.3 is 10.6 Å². The van der Waals surface area contributed by atoms with E-state index < -0.39 is 0 Å². The Balaban J connectivity index is 2.01. The van der Waals surface area contributed by atoms with E-state index in [2.05, 4.69) is 49.1 Å². The highest BCUT2D eigenvalue weighted by atomic mass is 15.1. The Bertz CT molecular complexity index is 349. The van der Waals surface area contributed by atoms with Crippen molar-refractivity contribution < 1.29 is 0 Å². The summed E-state index contributed by atoms with van der Waals surface area (Å²) in [6.45, 7) is 6.75. The highest BCUT2D eigenvalue weighted by Gasteiger charge is 2.27. The molecule has 0 aliphatic heterocycles. The molecule has 3 atom stereocenters. The molecule has 1 aliphatic carbocycles. The Kier molecular flexibility index (Phi) is 4.65. The van der Waals surface area contributed by atoms with Crippen molar-refractivity contribution in [2.45, 2.75) is 39.2 Å². The largest absolute Gasteiger partial charge is 0.371 e. The van der Waals surface area contributed by atoms with Gasteiger partial charge >= 0.3 is 0 Å². The van der Waals surface area contributed by atoms with Gasteiger partial charge in [0.2, 0.25) is 0 Å². The lowest BCUT2D eigenvalue weighted by Crippen LogP contribution is -2.43. The molecule has 0 radical (unpaired) electrons. The fourth-order valence-electron chi connectivity index (χ4n) is 3.07. The number of nitrogens with zero attached hydrogens (tertiary/aromatic N) is 1. The van der Waals surface area contributed by atoms with Gasteiger partial charge in [0, 0.05) is 24.8 Å². The van der Waals surface area contributed by atoms with Gasteiger partial charge in [-0.15, -0.1) is 0 Å². The monoisotopic (exact) mass is 246 g/mol. The number of benzene rings is 1. The molecule has 0 amide bonds. The molecule has 2 nitrogen and oxygen atoms in total. The maximum Gasteiger partial charge on any atom is 0.0366 e. The zero-order valence-corrected chi connectivity index (χ0v) is 11.7. The summed E-state index contributed by atoms with van der Waals surface area (Å²) in [5.41, 5.74) is 7.62. The molecule has 100 valence electrons. The van der Waals surface area contributed by atoms with Crippen molar-refractivity contribution in [3.05, 3.63) is 30.3 Å². The Morgan fingerprint density at radius 1 is 1.22 bits per heavy atom. The molecule has 3 unspecified atom stereocenters. The number of hydrogen-bond acceptors (Lipinski definition) is 2. The predicted octanol–water partition coefficient (Wildman–Crippen LogP) is 3.28. The van der Waals surface area contributed by atoms with Crippen molar-refractivity contribution >= 4 is 5.69 Å². The fraction of sp³-hybridized carbons (Fsp3) is 0.625. The van der Waals surface area contributed by atoms with Crippen molar-refractivity contribution in [3.8, 4) is 0 Å². The number of rotatable bonds is 4. The zero-order valence-electron chi connectivity index (χ0n) is 11.7. The summed E-state index contributed by atoms with van der Waals surface area (Å²) in [7, 11) is 0. The topological polar surface area (TPSA) is 29.3 Å². The first-order valence-electron chi connectivity index (χ1n) is 7.26. The average Bonchev–Trinajstić information content (AvgIpc) is 2.41. The number of para-hydroxylation sites is 1. The molecule has 1 aromatic rings. The summed E-state index contributed by atoms with van der Waals surface area (Å²) in [5.74, 6) is 1.48. The Hall–Kier alpha value is -1.02. The fourth-order valence-corrected chi connectivity index (χ4v) is 3.07. The summed E-state index contributed by atoms with van der Waals surface area (Å²) in [5, 5.41) is 0. The molecule has 0 spiro atoms. The van der Waals surface area contributed by atoms with Crippen molar-refractivity contribution in [1.29, 1.82) is 0 Å². The maximum atomic E-state index is 6.30. The zero-order chi connectivity index (χ0) is 13.0. The lowest BCUT2D eigenvalue weighted by atomic mass is 9.79. The van der Waals surface area contributed by atoms with E-state index in [-0.39, 0.29) is 0 Å². The molecule has 1 saturated carbocycles. The summed E-state index contributed by atoms with van der Waals surface area (Å²) < 4.78 is 0. The van der Waals surface area contributed by atoms with Crippen molar-refractivity contribution in [2.75, 3.05) is 18.0 Å². The van der Waals surface area contributed by atoms with Crippen LogP contribution < -0.4 is 10.6 Å². The van der Waals surface area contributed by atoms with Crippen LogP contribution in [0.25, 0.3) is 0 Å². The molecule has 0 heterocycles. The van der Waals surface area contributed by atoms with Crippen LogP contribution in [0, 0.1) is 11.8 Å². The minimum Gasteiger partial charge on any atom is -0.371 e. The Morgan fingerprint density at radius 2 is 1.94 bits per heavy atom. The minimum atomic E-state index is 0.388. The summed E-state index contributed by atoms with van der Waals surface area (Å²) in [4.78, 5) is 2.46. The second kappa shape index (κ2) is 6.24. The lowest BCUT2D eigenvalue weighted by Gasteiger charge is -2.36. The van der Waals surface area contributed by atoms with Gasteiger partial charge in [-0.05, 0) is 50.2 Å². The average molecular weight is 246 g/mol. The van der Waals surface area contributed by atoms with Crippen LogP contribution in [0.1, 0.15) is 33.1 Å². The van der Waals surface area contributed by atoms with Crippen LogP contribution in [0.2, 0.25) is 0 Å². The van der Waals surface area contributed by atoms with Crippen LogP contribution in [-0.2, 0) is 0 Å². The summed E-state index contributed by atoms with van der Waals surface area (Å²) in [6, 6.07) is 11.1. The first-order valence-corrected chi connectivity index (χ1v) is 7.26. The third-order valence-corrected chi connectivity index (χ3v) is 4.26. The first-order chi connectivity index (χ1) is 8.70. The van der Waals surface area contributed by atoms with Gasteiger partial charge in [-0.3, -0.25) is 0 Å². The molecular weight excluding hydrogens is 220 g/mol. The summed E-state index contributed by atoms with van der Waals surface area (Å²) >= 11 is 0. The van der Waals surface area contributed by atoms with E-state index >= 15 is 0 Å². The number of nitrogens with two attached hydrogens (primary N) is 1. The number of anilines is 1. The standard InChI is InChI=1S/C16H26N2/c1-3-18(15-7-5-4-6-8-15)12-14-11-13(2)9-10-16(14)17/h4-8,13-14,16H,3,9-12,17H2,1-2H3. The molecule has 0 bridgehead atoms. The van der Waals surface area contributed by atoms with E-state index in [1.807, 2.05) is 0 Å². The molecule has 1 fully saturated rings. The molecule has 1 aliphatic rings. The smallest absolute Gasteiger partial charge is 0.0366 e. The third-order valence-electron chi connectivity index (χ3n) is 4.26. The first kappa shape index (κ1) is 13.4. The van der Waals surface area contributed by atoms with Gasteiger partial charge in [-0.2, -0.15) is 0 Å². The minimum absolute atomic E-state index is 0.388. The van der Waals surface area contributed by atoms with Gasteiger partial charge in [-0.1, -0.05) is 25.1 Å². The molecule has 0 saturated heterocycles. The molecule has 18 heavy (non-hydrogen) atoms. The molecule has 2 heteroatoms.